The lowest BCUT2D eigenvalue weighted by Gasteiger charge is -2.17. The summed E-state index contributed by atoms with van der Waals surface area (Å²) in [6, 6.07) is 5.10. The van der Waals surface area contributed by atoms with E-state index >= 15 is 0 Å². The molecule has 2 N–H and O–H groups in total. The Balaban J connectivity index is 2.81. The minimum atomic E-state index is -0.115. The molecule has 1 aromatic carbocycles. The molecule has 6 heteroatoms. The van der Waals surface area contributed by atoms with Gasteiger partial charge in [0.15, 0.2) is 0 Å². The molecule has 0 unspecified atom stereocenters. The number of amides is 1. The standard InChI is InChI=1S/C11H12BrClN2OS/c1-15(5-4-10(14)17)11(16)8-6-7(13)2-3-9(8)12/h2-3,6H,4-5H2,1H3,(H2,14,17). The van der Waals surface area contributed by atoms with Crippen LogP contribution >= 0.6 is 39.7 Å². The fourth-order valence-electron chi connectivity index (χ4n) is 1.25. The van der Waals surface area contributed by atoms with E-state index < -0.39 is 0 Å². The van der Waals surface area contributed by atoms with Gasteiger partial charge in [0.05, 0.1) is 10.6 Å². The number of hydrogen-bond acceptors (Lipinski definition) is 2. The number of benzene rings is 1. The van der Waals surface area contributed by atoms with E-state index in [2.05, 4.69) is 15.9 Å². The van der Waals surface area contributed by atoms with Gasteiger partial charge in [-0.05, 0) is 34.1 Å². The van der Waals surface area contributed by atoms with Crippen molar-refractivity contribution in [1.29, 1.82) is 0 Å². The maximum Gasteiger partial charge on any atom is 0.254 e. The quantitative estimate of drug-likeness (QED) is 0.861. The molecule has 0 bridgehead atoms. The molecule has 0 atom stereocenters. The summed E-state index contributed by atoms with van der Waals surface area (Å²) in [6.45, 7) is 0.493. The first-order chi connectivity index (χ1) is 7.91. The van der Waals surface area contributed by atoms with Gasteiger partial charge in [-0.25, -0.2) is 0 Å². The number of halogens is 2. The molecule has 1 amide bonds. The molecule has 0 heterocycles. The third-order valence-corrected chi connectivity index (χ3v) is 3.33. The second-order valence-corrected chi connectivity index (χ2v) is 5.38. The van der Waals surface area contributed by atoms with E-state index in [1.807, 2.05) is 0 Å². The van der Waals surface area contributed by atoms with Crippen molar-refractivity contribution in [1.82, 2.24) is 4.90 Å². The van der Waals surface area contributed by atoms with E-state index in [1.54, 1.807) is 30.1 Å². The number of nitrogens with two attached hydrogens (primary N) is 1. The topological polar surface area (TPSA) is 46.3 Å². The van der Waals surface area contributed by atoms with Gasteiger partial charge in [0, 0.05) is 29.5 Å². The molecule has 17 heavy (non-hydrogen) atoms. The number of rotatable bonds is 4. The fraction of sp³-hybridized carbons (Fsp3) is 0.273. The lowest BCUT2D eigenvalue weighted by atomic mass is 10.2. The van der Waals surface area contributed by atoms with Crippen LogP contribution in [-0.2, 0) is 0 Å². The van der Waals surface area contributed by atoms with Crippen LogP contribution in [0, 0.1) is 0 Å². The molecular formula is C11H12BrClN2OS. The molecule has 92 valence electrons. The zero-order valence-electron chi connectivity index (χ0n) is 9.24. The molecule has 0 aliphatic rings. The van der Waals surface area contributed by atoms with E-state index in [9.17, 15) is 4.79 Å². The Morgan fingerprint density at radius 1 is 1.59 bits per heavy atom. The van der Waals surface area contributed by atoms with Gasteiger partial charge in [-0.1, -0.05) is 23.8 Å². The van der Waals surface area contributed by atoms with Gasteiger partial charge < -0.3 is 10.6 Å². The molecule has 0 saturated carbocycles. The summed E-state index contributed by atoms with van der Waals surface area (Å²) >= 11 is 14.0. The lowest BCUT2D eigenvalue weighted by Crippen LogP contribution is -2.30. The van der Waals surface area contributed by atoms with Crippen LogP contribution in [-0.4, -0.2) is 29.4 Å². The van der Waals surface area contributed by atoms with E-state index in [0.717, 1.165) is 0 Å². The Morgan fingerprint density at radius 3 is 2.82 bits per heavy atom. The molecule has 0 aliphatic carbocycles. The van der Waals surface area contributed by atoms with Crippen molar-refractivity contribution in [3.8, 4) is 0 Å². The van der Waals surface area contributed by atoms with Crippen molar-refractivity contribution in [2.24, 2.45) is 5.73 Å². The zero-order valence-corrected chi connectivity index (χ0v) is 12.4. The third-order valence-electron chi connectivity index (χ3n) is 2.20. The molecule has 0 saturated heterocycles. The average Bonchev–Trinajstić information content (AvgIpc) is 2.28. The number of carbonyl (C=O) groups is 1. The van der Waals surface area contributed by atoms with E-state index in [4.69, 9.17) is 29.6 Å². The van der Waals surface area contributed by atoms with Crippen molar-refractivity contribution in [2.75, 3.05) is 13.6 Å². The van der Waals surface area contributed by atoms with E-state index in [1.165, 1.54) is 0 Å². The molecule has 1 aromatic rings. The minimum Gasteiger partial charge on any atom is -0.393 e. The molecule has 0 aromatic heterocycles. The second-order valence-electron chi connectivity index (χ2n) is 3.57. The van der Waals surface area contributed by atoms with Crippen LogP contribution in [0.25, 0.3) is 0 Å². The Bertz CT molecular complexity index is 453. The van der Waals surface area contributed by atoms with E-state index in [-0.39, 0.29) is 5.91 Å². The van der Waals surface area contributed by atoms with Crippen molar-refractivity contribution in [3.63, 3.8) is 0 Å². The number of nitrogens with zero attached hydrogens (tertiary/aromatic N) is 1. The summed E-state index contributed by atoms with van der Waals surface area (Å²) in [5.74, 6) is -0.115. The van der Waals surface area contributed by atoms with Gasteiger partial charge in [0.2, 0.25) is 0 Å². The van der Waals surface area contributed by atoms with Gasteiger partial charge in [0.25, 0.3) is 5.91 Å². The molecule has 0 spiro atoms. The Kier molecular flexibility index (Phi) is 5.36. The predicted octanol–water partition coefficient (Wildman–Crippen LogP) is 2.85. The smallest absolute Gasteiger partial charge is 0.254 e. The first kappa shape index (κ1) is 14.4. The normalized spacial score (nSPS) is 10.1. The first-order valence-corrected chi connectivity index (χ1v) is 6.48. The highest BCUT2D eigenvalue weighted by Crippen LogP contribution is 2.22. The van der Waals surface area contributed by atoms with Crippen molar-refractivity contribution < 1.29 is 4.79 Å². The number of hydrogen-bond donors (Lipinski definition) is 1. The summed E-state index contributed by atoms with van der Waals surface area (Å²) in [4.78, 5) is 14.0. The average molecular weight is 336 g/mol. The molecule has 3 nitrogen and oxygen atoms in total. The maximum absolute atomic E-state index is 12.1. The predicted molar refractivity (Wildman–Crippen MR) is 77.5 cm³/mol. The lowest BCUT2D eigenvalue weighted by molar-refractivity contribution is 0.0798. The molecule has 0 fully saturated rings. The van der Waals surface area contributed by atoms with Gasteiger partial charge >= 0.3 is 0 Å². The maximum atomic E-state index is 12.1. The fourth-order valence-corrected chi connectivity index (χ4v) is 1.93. The summed E-state index contributed by atoms with van der Waals surface area (Å²) in [5.41, 5.74) is 5.93. The van der Waals surface area contributed by atoms with Crippen LogP contribution in [0.4, 0.5) is 0 Å². The Labute approximate surface area is 119 Å². The monoisotopic (exact) mass is 334 g/mol. The summed E-state index contributed by atoms with van der Waals surface area (Å²) in [6.07, 6.45) is 0.510. The summed E-state index contributed by atoms with van der Waals surface area (Å²) in [5, 5.41) is 0.527. The van der Waals surface area contributed by atoms with Crippen LogP contribution in [0.3, 0.4) is 0 Å². The van der Waals surface area contributed by atoms with Crippen LogP contribution in [0.2, 0.25) is 5.02 Å². The Morgan fingerprint density at radius 2 is 2.24 bits per heavy atom. The highest BCUT2D eigenvalue weighted by atomic mass is 79.9. The highest BCUT2D eigenvalue weighted by Gasteiger charge is 2.15. The van der Waals surface area contributed by atoms with Gasteiger partial charge in [-0.3, -0.25) is 4.79 Å². The molecule has 0 radical (unpaired) electrons. The van der Waals surface area contributed by atoms with E-state index in [0.29, 0.717) is 33.0 Å². The number of thiocarbonyl (C=S) groups is 1. The van der Waals surface area contributed by atoms with Crippen LogP contribution in [0.15, 0.2) is 22.7 Å². The Hall–Kier alpha value is -0.650. The minimum absolute atomic E-state index is 0.115. The SMILES string of the molecule is CN(CCC(N)=S)C(=O)c1cc(Cl)ccc1Br. The number of carbonyl (C=O) groups excluding carboxylic acids is 1. The van der Waals surface area contributed by atoms with Crippen LogP contribution in [0.1, 0.15) is 16.8 Å². The van der Waals surface area contributed by atoms with Crippen molar-refractivity contribution in [2.45, 2.75) is 6.42 Å². The first-order valence-electron chi connectivity index (χ1n) is 4.90. The highest BCUT2D eigenvalue weighted by molar-refractivity contribution is 9.10. The van der Waals surface area contributed by atoms with Crippen LogP contribution < -0.4 is 5.73 Å². The molecular weight excluding hydrogens is 324 g/mol. The van der Waals surface area contributed by atoms with Crippen LogP contribution in [0.5, 0.6) is 0 Å². The largest absolute Gasteiger partial charge is 0.393 e. The van der Waals surface area contributed by atoms with Gasteiger partial charge in [-0.15, -0.1) is 0 Å². The van der Waals surface area contributed by atoms with Gasteiger partial charge in [0.1, 0.15) is 0 Å². The molecule has 0 aliphatic heterocycles. The second kappa shape index (κ2) is 6.33. The van der Waals surface area contributed by atoms with Crippen molar-refractivity contribution in [3.05, 3.63) is 33.3 Å². The third kappa shape index (κ3) is 4.26. The summed E-state index contributed by atoms with van der Waals surface area (Å²) in [7, 11) is 1.70. The van der Waals surface area contributed by atoms with Gasteiger partial charge in [-0.2, -0.15) is 0 Å². The van der Waals surface area contributed by atoms with Crippen molar-refractivity contribution >= 4 is 50.6 Å². The zero-order chi connectivity index (χ0) is 13.0. The molecule has 1 rings (SSSR count). The summed E-state index contributed by atoms with van der Waals surface area (Å²) < 4.78 is 0.717.